The molecule has 0 bridgehead atoms. The Morgan fingerprint density at radius 3 is 2.80 bits per heavy atom. The molecule has 0 fully saturated rings. The van der Waals surface area contributed by atoms with E-state index in [1.807, 2.05) is 0 Å². The Hall–Kier alpha value is -1.07. The van der Waals surface area contributed by atoms with E-state index in [0.717, 1.165) is 6.54 Å². The highest BCUT2D eigenvalue weighted by Gasteiger charge is 2.06. The van der Waals surface area contributed by atoms with Gasteiger partial charge in [0.2, 0.25) is 0 Å². The first-order valence-electron chi connectivity index (χ1n) is 4.92. The Bertz CT molecular complexity index is 324. The van der Waals surface area contributed by atoms with E-state index < -0.39 is 6.03 Å². The van der Waals surface area contributed by atoms with Gasteiger partial charge in [-0.05, 0) is 26.0 Å². The lowest BCUT2D eigenvalue weighted by Crippen LogP contribution is -2.35. The number of nitrogens with two attached hydrogens (primary N) is 1. The van der Waals surface area contributed by atoms with E-state index >= 15 is 0 Å². The van der Waals surface area contributed by atoms with E-state index in [-0.39, 0.29) is 0 Å². The second kappa shape index (κ2) is 5.72. The molecule has 4 N–H and O–H groups in total. The smallest absolute Gasteiger partial charge is 0.312 e. The van der Waals surface area contributed by atoms with Crippen LogP contribution in [0.1, 0.15) is 22.7 Å². The van der Waals surface area contributed by atoms with Crippen LogP contribution in [0.4, 0.5) is 4.79 Å². The van der Waals surface area contributed by atoms with Crippen LogP contribution < -0.4 is 16.4 Å². The van der Waals surface area contributed by atoms with Crippen LogP contribution in [0.5, 0.6) is 0 Å². The summed E-state index contributed by atoms with van der Waals surface area (Å²) >= 11 is 1.79. The number of primary amides is 1. The minimum Gasteiger partial charge on any atom is -0.352 e. The van der Waals surface area contributed by atoms with Gasteiger partial charge in [-0.2, -0.15) is 0 Å². The van der Waals surface area contributed by atoms with Crippen molar-refractivity contribution in [2.45, 2.75) is 19.9 Å². The molecular formula is C10H17N3OS. The van der Waals surface area contributed by atoms with E-state index in [9.17, 15) is 4.79 Å². The van der Waals surface area contributed by atoms with Gasteiger partial charge in [-0.1, -0.05) is 0 Å². The van der Waals surface area contributed by atoms with Crippen molar-refractivity contribution in [2.24, 2.45) is 5.73 Å². The van der Waals surface area contributed by atoms with Gasteiger partial charge in [-0.25, -0.2) is 4.79 Å². The summed E-state index contributed by atoms with van der Waals surface area (Å²) < 4.78 is 0. The Balaban J connectivity index is 2.24. The van der Waals surface area contributed by atoms with Crippen LogP contribution in [0.15, 0.2) is 12.1 Å². The number of amides is 2. The summed E-state index contributed by atoms with van der Waals surface area (Å²) in [6, 6.07) is 4.08. The fourth-order valence-electron chi connectivity index (χ4n) is 1.26. The molecule has 0 saturated carbocycles. The molecule has 5 heteroatoms. The zero-order valence-electron chi connectivity index (χ0n) is 9.04. The highest BCUT2D eigenvalue weighted by atomic mass is 32.1. The van der Waals surface area contributed by atoms with Crippen molar-refractivity contribution in [3.05, 3.63) is 21.9 Å². The molecule has 0 spiro atoms. The number of aryl methyl sites for hydroxylation is 1. The van der Waals surface area contributed by atoms with Gasteiger partial charge in [0.05, 0.1) is 0 Å². The molecule has 1 atom stereocenters. The predicted octanol–water partition coefficient (Wildman–Crippen LogP) is 1.38. The van der Waals surface area contributed by atoms with Crippen LogP contribution in [0.2, 0.25) is 0 Å². The topological polar surface area (TPSA) is 67.2 Å². The number of carbonyl (C=O) groups excluding carboxylic acids is 1. The molecule has 0 aromatic carbocycles. The number of hydrogen-bond acceptors (Lipinski definition) is 3. The number of carbonyl (C=O) groups is 1. The first-order chi connectivity index (χ1) is 7.09. The maximum absolute atomic E-state index is 10.4. The van der Waals surface area contributed by atoms with Crippen molar-refractivity contribution in [2.75, 3.05) is 13.1 Å². The zero-order valence-corrected chi connectivity index (χ0v) is 9.86. The largest absolute Gasteiger partial charge is 0.352 e. The molecule has 0 radical (unpaired) electrons. The van der Waals surface area contributed by atoms with Crippen LogP contribution in [0.25, 0.3) is 0 Å². The molecule has 1 rings (SSSR count). The van der Waals surface area contributed by atoms with Gasteiger partial charge in [0, 0.05) is 28.9 Å². The SMILES string of the molecule is Cc1ccc(C(C)NCCNC(N)=O)s1. The standard InChI is InChI=1S/C10H17N3OS/c1-7-3-4-9(15-7)8(2)12-5-6-13-10(11)14/h3-4,8,12H,5-6H2,1-2H3,(H3,11,13,14). The lowest BCUT2D eigenvalue weighted by Gasteiger charge is -2.11. The molecule has 1 aromatic rings. The third-order valence-electron chi connectivity index (χ3n) is 2.06. The third kappa shape index (κ3) is 4.31. The summed E-state index contributed by atoms with van der Waals surface area (Å²) in [6.45, 7) is 5.48. The summed E-state index contributed by atoms with van der Waals surface area (Å²) in [6.07, 6.45) is 0. The van der Waals surface area contributed by atoms with Crippen molar-refractivity contribution in [3.63, 3.8) is 0 Å². The van der Waals surface area contributed by atoms with E-state index in [0.29, 0.717) is 12.6 Å². The van der Waals surface area contributed by atoms with Crippen LogP contribution in [-0.4, -0.2) is 19.1 Å². The highest BCUT2D eigenvalue weighted by molar-refractivity contribution is 7.12. The molecule has 0 aliphatic heterocycles. The summed E-state index contributed by atoms with van der Waals surface area (Å²) in [5.41, 5.74) is 4.95. The zero-order chi connectivity index (χ0) is 11.3. The molecule has 0 aliphatic carbocycles. The van der Waals surface area contributed by atoms with Crippen molar-refractivity contribution >= 4 is 17.4 Å². The maximum atomic E-state index is 10.4. The van der Waals surface area contributed by atoms with Crippen molar-refractivity contribution < 1.29 is 4.79 Å². The Labute approximate surface area is 93.9 Å². The van der Waals surface area contributed by atoms with Crippen molar-refractivity contribution in [1.29, 1.82) is 0 Å². The Morgan fingerprint density at radius 2 is 2.27 bits per heavy atom. The molecular weight excluding hydrogens is 210 g/mol. The molecule has 15 heavy (non-hydrogen) atoms. The first-order valence-corrected chi connectivity index (χ1v) is 5.74. The normalized spacial score (nSPS) is 12.4. The van der Waals surface area contributed by atoms with Gasteiger partial charge in [0.25, 0.3) is 0 Å². The number of hydrogen-bond donors (Lipinski definition) is 3. The third-order valence-corrected chi connectivity index (χ3v) is 3.25. The predicted molar refractivity (Wildman–Crippen MR) is 63.1 cm³/mol. The molecule has 0 aliphatic rings. The van der Waals surface area contributed by atoms with Gasteiger partial charge in [0.1, 0.15) is 0 Å². The first kappa shape index (κ1) is 12.0. The van der Waals surface area contributed by atoms with Crippen LogP contribution in [0, 0.1) is 6.92 Å². The van der Waals surface area contributed by atoms with Crippen molar-refractivity contribution in [3.8, 4) is 0 Å². The molecule has 84 valence electrons. The molecule has 1 aromatic heterocycles. The Kier molecular flexibility index (Phi) is 4.58. The second-order valence-electron chi connectivity index (χ2n) is 3.42. The number of rotatable bonds is 5. The Morgan fingerprint density at radius 1 is 1.53 bits per heavy atom. The van der Waals surface area contributed by atoms with Crippen molar-refractivity contribution in [1.82, 2.24) is 10.6 Å². The summed E-state index contributed by atoms with van der Waals surface area (Å²) in [5.74, 6) is 0. The van der Waals surface area contributed by atoms with Gasteiger partial charge in [-0.15, -0.1) is 11.3 Å². The fraction of sp³-hybridized carbons (Fsp3) is 0.500. The summed E-state index contributed by atoms with van der Waals surface area (Å²) in [5, 5.41) is 5.85. The van der Waals surface area contributed by atoms with Gasteiger partial charge in [0.15, 0.2) is 0 Å². The minimum atomic E-state index is -0.476. The van der Waals surface area contributed by atoms with Crippen LogP contribution >= 0.6 is 11.3 Å². The lowest BCUT2D eigenvalue weighted by atomic mass is 10.3. The van der Waals surface area contributed by atoms with Crippen LogP contribution in [-0.2, 0) is 0 Å². The number of nitrogens with one attached hydrogen (secondary N) is 2. The van der Waals surface area contributed by atoms with E-state index in [1.54, 1.807) is 11.3 Å². The summed E-state index contributed by atoms with van der Waals surface area (Å²) in [7, 11) is 0. The highest BCUT2D eigenvalue weighted by Crippen LogP contribution is 2.21. The molecule has 4 nitrogen and oxygen atoms in total. The van der Waals surface area contributed by atoms with E-state index in [1.165, 1.54) is 9.75 Å². The second-order valence-corrected chi connectivity index (χ2v) is 4.73. The molecule has 2 amide bonds. The molecule has 1 heterocycles. The average molecular weight is 227 g/mol. The van der Waals surface area contributed by atoms with Gasteiger partial charge >= 0.3 is 6.03 Å². The number of urea groups is 1. The van der Waals surface area contributed by atoms with Gasteiger partial charge < -0.3 is 16.4 Å². The molecule has 0 saturated heterocycles. The van der Waals surface area contributed by atoms with Crippen LogP contribution in [0.3, 0.4) is 0 Å². The van der Waals surface area contributed by atoms with E-state index in [2.05, 4.69) is 36.6 Å². The minimum absolute atomic E-state index is 0.318. The maximum Gasteiger partial charge on any atom is 0.312 e. The fourth-order valence-corrected chi connectivity index (χ4v) is 2.17. The quantitative estimate of drug-likeness (QED) is 0.665. The lowest BCUT2D eigenvalue weighted by molar-refractivity contribution is 0.249. The number of thiophene rings is 1. The van der Waals surface area contributed by atoms with Gasteiger partial charge in [-0.3, -0.25) is 0 Å². The average Bonchev–Trinajstić information content (AvgIpc) is 2.59. The monoisotopic (exact) mass is 227 g/mol. The summed E-state index contributed by atoms with van der Waals surface area (Å²) in [4.78, 5) is 13.0. The van der Waals surface area contributed by atoms with E-state index in [4.69, 9.17) is 5.73 Å². The molecule has 1 unspecified atom stereocenters.